The van der Waals surface area contributed by atoms with E-state index in [0.717, 1.165) is 25.7 Å². The lowest BCUT2D eigenvalue weighted by atomic mass is 9.73. The number of hydrogen-bond donors (Lipinski definition) is 0. The van der Waals surface area contributed by atoms with Gasteiger partial charge in [0.15, 0.2) is 0 Å². The third-order valence-corrected chi connectivity index (χ3v) is 4.77. The van der Waals surface area contributed by atoms with Crippen LogP contribution in [0.15, 0.2) is 6.20 Å². The van der Waals surface area contributed by atoms with Crippen LogP contribution < -0.4 is 0 Å². The zero-order valence-electron chi connectivity index (χ0n) is 12.1. The van der Waals surface area contributed by atoms with Crippen LogP contribution in [-0.2, 0) is 7.05 Å². The molecule has 1 aliphatic rings. The van der Waals surface area contributed by atoms with Crippen LogP contribution in [0.25, 0.3) is 0 Å². The fraction of sp³-hybridized carbons (Fsp3) is 0.714. The Balaban J connectivity index is 2.38. The van der Waals surface area contributed by atoms with Crippen molar-refractivity contribution in [1.82, 2.24) is 14.7 Å². The lowest BCUT2D eigenvalue weighted by Crippen LogP contribution is -2.53. The van der Waals surface area contributed by atoms with Gasteiger partial charge in [-0.2, -0.15) is 5.10 Å². The number of ketones is 1. The van der Waals surface area contributed by atoms with Crippen LogP contribution >= 0.6 is 11.6 Å². The fourth-order valence-electron chi connectivity index (χ4n) is 3.00. The van der Waals surface area contributed by atoms with Crippen molar-refractivity contribution >= 4 is 17.4 Å². The standard InChI is InChI=1S/C14H22ClN3O/c1-10-5-7-14(8-6-10,17(2)3)13(19)12-11(15)9-16-18(12)4/h9-10H,5-8H2,1-4H3. The summed E-state index contributed by atoms with van der Waals surface area (Å²) in [4.78, 5) is 15.0. The molecule has 1 fully saturated rings. The summed E-state index contributed by atoms with van der Waals surface area (Å²) in [5.41, 5.74) is 0.106. The number of aryl methyl sites for hydroxylation is 1. The summed E-state index contributed by atoms with van der Waals surface area (Å²) in [6, 6.07) is 0. The fourth-order valence-corrected chi connectivity index (χ4v) is 3.26. The third kappa shape index (κ3) is 2.43. The van der Waals surface area contributed by atoms with E-state index in [0.29, 0.717) is 16.6 Å². The van der Waals surface area contributed by atoms with Crippen molar-refractivity contribution in [2.75, 3.05) is 14.1 Å². The van der Waals surface area contributed by atoms with Crippen LogP contribution in [0.5, 0.6) is 0 Å². The first-order valence-electron chi connectivity index (χ1n) is 6.78. The number of aromatic nitrogens is 2. The lowest BCUT2D eigenvalue weighted by molar-refractivity contribution is 0.0503. The van der Waals surface area contributed by atoms with Crippen LogP contribution in [-0.4, -0.2) is 40.1 Å². The molecular weight excluding hydrogens is 262 g/mol. The first kappa shape index (κ1) is 14.5. The number of nitrogens with zero attached hydrogens (tertiary/aromatic N) is 3. The average Bonchev–Trinajstić information content (AvgIpc) is 2.69. The summed E-state index contributed by atoms with van der Waals surface area (Å²) < 4.78 is 1.59. The van der Waals surface area contributed by atoms with E-state index in [-0.39, 0.29) is 5.78 Å². The molecule has 0 bridgehead atoms. The highest BCUT2D eigenvalue weighted by Crippen LogP contribution is 2.38. The predicted molar refractivity (Wildman–Crippen MR) is 76.6 cm³/mol. The second-order valence-corrected chi connectivity index (χ2v) is 6.31. The molecule has 0 aliphatic heterocycles. The Bertz CT molecular complexity index is 454. The highest BCUT2D eigenvalue weighted by Gasteiger charge is 2.44. The number of likely N-dealkylation sites (N-methyl/N-ethyl adjacent to an activating group) is 1. The van der Waals surface area contributed by atoms with Crippen molar-refractivity contribution in [3.05, 3.63) is 16.9 Å². The quantitative estimate of drug-likeness (QED) is 0.801. The topological polar surface area (TPSA) is 38.1 Å². The zero-order valence-corrected chi connectivity index (χ0v) is 12.9. The highest BCUT2D eigenvalue weighted by atomic mass is 35.5. The van der Waals surface area contributed by atoms with Gasteiger partial charge in [-0.25, -0.2) is 0 Å². The van der Waals surface area contributed by atoms with Crippen molar-refractivity contribution in [2.45, 2.75) is 38.1 Å². The van der Waals surface area contributed by atoms with Crippen LogP contribution in [0.2, 0.25) is 5.02 Å². The molecule has 0 N–H and O–H groups in total. The SMILES string of the molecule is CC1CCC(C(=O)c2c(Cl)cnn2C)(N(C)C)CC1. The summed E-state index contributed by atoms with van der Waals surface area (Å²) in [5.74, 6) is 0.803. The Kier molecular flexibility index (Phi) is 4.02. The van der Waals surface area contributed by atoms with E-state index in [1.807, 2.05) is 14.1 Å². The maximum absolute atomic E-state index is 13.0. The Morgan fingerprint density at radius 1 is 1.47 bits per heavy atom. The molecule has 1 aliphatic carbocycles. The smallest absolute Gasteiger partial charge is 0.202 e. The Hall–Kier alpha value is -0.870. The van der Waals surface area contributed by atoms with Gasteiger partial charge in [-0.05, 0) is 45.7 Å². The molecule has 106 valence electrons. The molecule has 1 aromatic rings. The molecule has 0 radical (unpaired) electrons. The second kappa shape index (κ2) is 5.25. The number of carbonyl (C=O) groups is 1. The molecule has 0 spiro atoms. The number of carbonyl (C=O) groups excluding carboxylic acids is 1. The molecule has 0 amide bonds. The zero-order chi connectivity index (χ0) is 14.2. The second-order valence-electron chi connectivity index (χ2n) is 5.90. The van der Waals surface area contributed by atoms with E-state index in [2.05, 4.69) is 16.9 Å². The van der Waals surface area contributed by atoms with E-state index < -0.39 is 5.54 Å². The summed E-state index contributed by atoms with van der Waals surface area (Å²) in [6.45, 7) is 2.25. The summed E-state index contributed by atoms with van der Waals surface area (Å²) in [6.07, 6.45) is 5.49. The van der Waals surface area contributed by atoms with Gasteiger partial charge in [0.25, 0.3) is 0 Å². The van der Waals surface area contributed by atoms with E-state index in [1.54, 1.807) is 17.9 Å². The van der Waals surface area contributed by atoms with Crippen molar-refractivity contribution in [1.29, 1.82) is 0 Å². The van der Waals surface area contributed by atoms with Crippen LogP contribution in [0.3, 0.4) is 0 Å². The molecule has 2 rings (SSSR count). The van der Waals surface area contributed by atoms with Gasteiger partial charge in [0.2, 0.25) is 5.78 Å². The summed E-state index contributed by atoms with van der Waals surface area (Å²) in [7, 11) is 5.74. The van der Waals surface area contributed by atoms with Gasteiger partial charge in [-0.1, -0.05) is 18.5 Å². The molecule has 0 atom stereocenters. The lowest BCUT2D eigenvalue weighted by Gasteiger charge is -2.43. The molecule has 0 unspecified atom stereocenters. The summed E-state index contributed by atoms with van der Waals surface area (Å²) in [5, 5.41) is 4.53. The first-order valence-corrected chi connectivity index (χ1v) is 7.16. The molecule has 1 aromatic heterocycles. The maximum atomic E-state index is 13.0. The molecule has 1 heterocycles. The third-order valence-electron chi connectivity index (χ3n) is 4.49. The van der Waals surface area contributed by atoms with Crippen molar-refractivity contribution in [2.24, 2.45) is 13.0 Å². The van der Waals surface area contributed by atoms with E-state index >= 15 is 0 Å². The molecule has 0 saturated heterocycles. The summed E-state index contributed by atoms with van der Waals surface area (Å²) >= 11 is 6.13. The van der Waals surface area contributed by atoms with Crippen molar-refractivity contribution in [3.8, 4) is 0 Å². The number of halogens is 1. The molecule has 0 aromatic carbocycles. The van der Waals surface area contributed by atoms with Gasteiger partial charge in [0, 0.05) is 7.05 Å². The van der Waals surface area contributed by atoms with Gasteiger partial charge in [0.1, 0.15) is 5.69 Å². The minimum absolute atomic E-state index is 0.106. The predicted octanol–water partition coefficient (Wildman–Crippen LogP) is 2.77. The van der Waals surface area contributed by atoms with Gasteiger partial charge in [-0.3, -0.25) is 14.4 Å². The van der Waals surface area contributed by atoms with Gasteiger partial charge in [0.05, 0.1) is 16.8 Å². The molecular formula is C14H22ClN3O. The number of hydrogen-bond acceptors (Lipinski definition) is 3. The molecule has 4 nitrogen and oxygen atoms in total. The van der Waals surface area contributed by atoms with Gasteiger partial charge < -0.3 is 0 Å². The average molecular weight is 284 g/mol. The van der Waals surface area contributed by atoms with Crippen LogP contribution in [0, 0.1) is 5.92 Å². The van der Waals surface area contributed by atoms with Gasteiger partial charge in [-0.15, -0.1) is 0 Å². The van der Waals surface area contributed by atoms with E-state index in [4.69, 9.17) is 11.6 Å². The largest absolute Gasteiger partial charge is 0.297 e. The van der Waals surface area contributed by atoms with Crippen LogP contribution in [0.1, 0.15) is 43.1 Å². The minimum atomic E-state index is -0.427. The van der Waals surface area contributed by atoms with E-state index in [1.165, 1.54) is 0 Å². The highest BCUT2D eigenvalue weighted by molar-refractivity contribution is 6.34. The van der Waals surface area contributed by atoms with Crippen molar-refractivity contribution < 1.29 is 4.79 Å². The van der Waals surface area contributed by atoms with E-state index in [9.17, 15) is 4.79 Å². The number of Topliss-reactive ketones (excluding diaryl/α,β-unsaturated/α-hetero) is 1. The molecule has 1 saturated carbocycles. The number of rotatable bonds is 3. The minimum Gasteiger partial charge on any atom is -0.297 e. The molecule has 19 heavy (non-hydrogen) atoms. The Morgan fingerprint density at radius 3 is 2.47 bits per heavy atom. The maximum Gasteiger partial charge on any atom is 0.202 e. The molecule has 5 heteroatoms. The Labute approximate surface area is 119 Å². The van der Waals surface area contributed by atoms with Crippen LogP contribution in [0.4, 0.5) is 0 Å². The Morgan fingerprint density at radius 2 is 2.05 bits per heavy atom. The first-order chi connectivity index (χ1) is 8.88. The van der Waals surface area contributed by atoms with Crippen molar-refractivity contribution in [3.63, 3.8) is 0 Å². The van der Waals surface area contributed by atoms with Gasteiger partial charge >= 0.3 is 0 Å². The normalized spacial score (nSPS) is 27.8. The monoisotopic (exact) mass is 283 g/mol.